The first kappa shape index (κ1) is 15.0. The van der Waals surface area contributed by atoms with Gasteiger partial charge in [0.25, 0.3) is 0 Å². The molecule has 4 rings (SSSR count). The number of rotatable bonds is 6. The molecule has 2 saturated carbocycles. The first-order valence-electron chi connectivity index (χ1n) is 8.95. The summed E-state index contributed by atoms with van der Waals surface area (Å²) in [7, 11) is 0. The quantitative estimate of drug-likeness (QED) is 0.424. The zero-order valence-corrected chi connectivity index (χ0v) is 13.9. The van der Waals surface area contributed by atoms with Gasteiger partial charge in [0.1, 0.15) is 0 Å². The highest BCUT2D eigenvalue weighted by molar-refractivity contribution is 5.86. The highest BCUT2D eigenvalue weighted by Crippen LogP contribution is 2.49. The molecule has 23 heavy (non-hydrogen) atoms. The summed E-state index contributed by atoms with van der Waals surface area (Å²) in [4.78, 5) is 11.6. The van der Waals surface area contributed by atoms with Crippen LogP contribution >= 0.6 is 0 Å². The van der Waals surface area contributed by atoms with Crippen LogP contribution in [0.4, 0.5) is 0 Å². The third kappa shape index (κ3) is 2.86. The lowest BCUT2D eigenvalue weighted by Crippen LogP contribution is -2.23. The van der Waals surface area contributed by atoms with Crippen molar-refractivity contribution in [2.24, 2.45) is 35.5 Å². The van der Waals surface area contributed by atoms with Crippen molar-refractivity contribution in [3.05, 3.63) is 36.1 Å². The maximum Gasteiger partial charge on any atom is 0.333 e. The molecular formula is C20H26O3. The Hall–Kier alpha value is -1.51. The van der Waals surface area contributed by atoms with Crippen LogP contribution in [0, 0.1) is 35.5 Å². The Balaban J connectivity index is 1.29. The molecule has 124 valence electrons. The zero-order valence-electron chi connectivity index (χ0n) is 13.9. The second kappa shape index (κ2) is 5.85. The van der Waals surface area contributed by atoms with Crippen molar-refractivity contribution >= 4 is 5.97 Å². The van der Waals surface area contributed by atoms with E-state index in [1.54, 1.807) is 6.92 Å². The van der Waals surface area contributed by atoms with E-state index in [1.807, 2.05) is 0 Å². The number of hydrogen-bond acceptors (Lipinski definition) is 3. The maximum absolute atomic E-state index is 11.6. The van der Waals surface area contributed by atoms with Gasteiger partial charge < -0.3 is 9.47 Å². The van der Waals surface area contributed by atoms with Crippen molar-refractivity contribution in [3.63, 3.8) is 0 Å². The van der Waals surface area contributed by atoms with Gasteiger partial charge in [-0.25, -0.2) is 4.79 Å². The van der Waals surface area contributed by atoms with E-state index in [1.165, 1.54) is 25.0 Å². The smallest absolute Gasteiger partial charge is 0.333 e. The minimum Gasteiger partial charge on any atom is -0.498 e. The Morgan fingerprint density at radius 2 is 1.96 bits per heavy atom. The molecule has 0 aromatic rings. The Kier molecular flexibility index (Phi) is 3.82. The minimum absolute atomic E-state index is 0.270. The van der Waals surface area contributed by atoms with Crippen LogP contribution in [0.15, 0.2) is 36.1 Å². The number of hydrogen-bond donors (Lipinski definition) is 0. The fraction of sp³-hybridized carbons (Fsp3) is 0.650. The van der Waals surface area contributed by atoms with Crippen molar-refractivity contribution in [1.29, 1.82) is 0 Å². The van der Waals surface area contributed by atoms with Gasteiger partial charge in [-0.2, -0.15) is 0 Å². The molecule has 2 fully saturated rings. The number of carbonyl (C=O) groups excluding carboxylic acids is 1. The second-order valence-corrected chi connectivity index (χ2v) is 7.90. The van der Waals surface area contributed by atoms with Gasteiger partial charge in [0.15, 0.2) is 0 Å². The average Bonchev–Trinajstić information content (AvgIpc) is 3.29. The Bertz CT molecular complexity index is 573. The van der Waals surface area contributed by atoms with Crippen molar-refractivity contribution in [1.82, 2.24) is 0 Å². The Morgan fingerprint density at radius 1 is 1.13 bits per heavy atom. The van der Waals surface area contributed by atoms with Crippen LogP contribution in [0.3, 0.4) is 0 Å². The molecule has 0 aromatic carbocycles. The summed E-state index contributed by atoms with van der Waals surface area (Å²) in [6, 6.07) is 0. The van der Waals surface area contributed by atoms with E-state index in [-0.39, 0.29) is 5.97 Å². The molecule has 6 unspecified atom stereocenters. The SMILES string of the molecule is C=C(C)C(=O)OCC1CC2C=C(OCC3CC4C=CC3C4)C1C2. The summed E-state index contributed by atoms with van der Waals surface area (Å²) < 4.78 is 11.6. The zero-order chi connectivity index (χ0) is 16.0. The van der Waals surface area contributed by atoms with Crippen molar-refractivity contribution < 1.29 is 14.3 Å². The van der Waals surface area contributed by atoms with E-state index in [4.69, 9.17) is 9.47 Å². The molecule has 0 radical (unpaired) electrons. The first-order valence-corrected chi connectivity index (χ1v) is 8.95. The Labute approximate surface area is 138 Å². The van der Waals surface area contributed by atoms with Gasteiger partial charge in [0, 0.05) is 17.4 Å². The van der Waals surface area contributed by atoms with Crippen molar-refractivity contribution in [3.8, 4) is 0 Å². The summed E-state index contributed by atoms with van der Waals surface area (Å²) in [6.45, 7) is 6.70. The number of esters is 1. The van der Waals surface area contributed by atoms with Gasteiger partial charge in [-0.05, 0) is 62.4 Å². The van der Waals surface area contributed by atoms with Crippen molar-refractivity contribution in [2.45, 2.75) is 32.6 Å². The van der Waals surface area contributed by atoms with E-state index in [2.05, 4.69) is 24.8 Å². The molecule has 0 saturated heterocycles. The van der Waals surface area contributed by atoms with Crippen LogP contribution < -0.4 is 0 Å². The molecular weight excluding hydrogens is 288 g/mol. The first-order chi connectivity index (χ1) is 11.1. The molecule has 0 heterocycles. The molecule has 0 amide bonds. The summed E-state index contributed by atoms with van der Waals surface area (Å²) in [5.74, 6) is 4.63. The molecule has 0 spiro atoms. The average molecular weight is 314 g/mol. The third-order valence-electron chi connectivity index (χ3n) is 6.15. The molecule has 0 N–H and O–H groups in total. The van der Waals surface area contributed by atoms with Crippen LogP contribution in [0.25, 0.3) is 0 Å². The number of carbonyl (C=O) groups is 1. The molecule has 6 atom stereocenters. The molecule has 4 aliphatic rings. The number of fused-ring (bicyclic) bond motifs is 4. The van der Waals surface area contributed by atoms with E-state index >= 15 is 0 Å². The van der Waals surface area contributed by atoms with Gasteiger partial charge in [-0.3, -0.25) is 0 Å². The molecule has 4 bridgehead atoms. The van der Waals surface area contributed by atoms with Gasteiger partial charge >= 0.3 is 5.97 Å². The molecule has 3 nitrogen and oxygen atoms in total. The monoisotopic (exact) mass is 314 g/mol. The number of ether oxygens (including phenoxy) is 2. The maximum atomic E-state index is 11.6. The van der Waals surface area contributed by atoms with Crippen LogP contribution in [0.1, 0.15) is 32.6 Å². The van der Waals surface area contributed by atoms with E-state index in [9.17, 15) is 4.79 Å². The third-order valence-corrected chi connectivity index (χ3v) is 6.15. The van der Waals surface area contributed by atoms with Gasteiger partial charge in [0.05, 0.1) is 19.0 Å². The topological polar surface area (TPSA) is 35.5 Å². The normalized spacial score (nSPS) is 39.6. The van der Waals surface area contributed by atoms with E-state index in [0.717, 1.165) is 24.9 Å². The lowest BCUT2D eigenvalue weighted by Gasteiger charge is -2.26. The predicted molar refractivity (Wildman–Crippen MR) is 88.4 cm³/mol. The molecule has 0 aromatic heterocycles. The summed E-state index contributed by atoms with van der Waals surface area (Å²) in [5, 5.41) is 0. The van der Waals surface area contributed by atoms with E-state index in [0.29, 0.717) is 35.9 Å². The van der Waals surface area contributed by atoms with Crippen LogP contribution in [0.5, 0.6) is 0 Å². The summed E-state index contributed by atoms with van der Waals surface area (Å²) >= 11 is 0. The van der Waals surface area contributed by atoms with Crippen LogP contribution in [0.2, 0.25) is 0 Å². The minimum atomic E-state index is -0.270. The largest absolute Gasteiger partial charge is 0.498 e. The molecule has 4 aliphatic carbocycles. The van der Waals surface area contributed by atoms with Gasteiger partial charge in [-0.1, -0.05) is 18.7 Å². The Morgan fingerprint density at radius 3 is 2.61 bits per heavy atom. The summed E-state index contributed by atoms with van der Waals surface area (Å²) in [6.07, 6.45) is 12.0. The molecule has 0 aliphatic heterocycles. The van der Waals surface area contributed by atoms with Gasteiger partial charge in [0.2, 0.25) is 0 Å². The number of allylic oxidation sites excluding steroid dienone is 4. The highest BCUT2D eigenvalue weighted by Gasteiger charge is 2.43. The molecule has 3 heteroatoms. The highest BCUT2D eigenvalue weighted by atomic mass is 16.5. The standard InChI is InChI=1S/C20H26O3/c1-12(2)20(21)23-11-17-7-14-8-18(17)19(9-14)22-10-16-6-13-3-4-15(16)5-13/h3-4,9,13-18H,1,5-8,10-11H2,2H3. The van der Waals surface area contributed by atoms with Crippen LogP contribution in [-0.2, 0) is 14.3 Å². The lowest BCUT2D eigenvalue weighted by molar-refractivity contribution is -0.140. The van der Waals surface area contributed by atoms with Gasteiger partial charge in [-0.15, -0.1) is 0 Å². The van der Waals surface area contributed by atoms with Crippen molar-refractivity contribution in [2.75, 3.05) is 13.2 Å². The second-order valence-electron chi connectivity index (χ2n) is 7.90. The predicted octanol–water partition coefficient (Wildman–Crippen LogP) is 3.87. The summed E-state index contributed by atoms with van der Waals surface area (Å²) in [5.41, 5.74) is 0.476. The fourth-order valence-corrected chi connectivity index (χ4v) is 4.94. The lowest BCUT2D eigenvalue weighted by atomic mass is 9.92. The fourth-order valence-electron chi connectivity index (χ4n) is 4.94. The van der Waals surface area contributed by atoms with E-state index < -0.39 is 0 Å². The van der Waals surface area contributed by atoms with Crippen LogP contribution in [-0.4, -0.2) is 19.2 Å².